The summed E-state index contributed by atoms with van der Waals surface area (Å²) in [6.07, 6.45) is 1.80. The Hall–Kier alpha value is -2.56. The Balaban J connectivity index is 1.89. The van der Waals surface area contributed by atoms with Gasteiger partial charge in [-0.2, -0.15) is 0 Å². The van der Waals surface area contributed by atoms with E-state index in [4.69, 9.17) is 9.47 Å². The summed E-state index contributed by atoms with van der Waals surface area (Å²) in [4.78, 5) is 14.8. The second-order valence-electron chi connectivity index (χ2n) is 5.81. The van der Waals surface area contributed by atoms with Gasteiger partial charge in [0.1, 0.15) is 17.3 Å². The van der Waals surface area contributed by atoms with E-state index in [1.165, 1.54) is 12.1 Å². The van der Waals surface area contributed by atoms with Crippen LogP contribution < -0.4 is 9.47 Å². The summed E-state index contributed by atoms with van der Waals surface area (Å²) in [6, 6.07) is 11.5. The predicted molar refractivity (Wildman–Crippen MR) is 89.0 cm³/mol. The average molecular weight is 329 g/mol. The Morgan fingerprint density at radius 3 is 2.29 bits per heavy atom. The van der Waals surface area contributed by atoms with Crippen molar-refractivity contribution in [2.45, 2.75) is 18.9 Å². The van der Waals surface area contributed by atoms with Gasteiger partial charge in [-0.05, 0) is 42.7 Å². The smallest absolute Gasteiger partial charge is 0.254 e. The van der Waals surface area contributed by atoms with Gasteiger partial charge in [-0.15, -0.1) is 0 Å². The summed E-state index contributed by atoms with van der Waals surface area (Å²) >= 11 is 0. The van der Waals surface area contributed by atoms with E-state index in [-0.39, 0.29) is 17.8 Å². The third-order valence-corrected chi connectivity index (χ3v) is 4.37. The number of benzene rings is 2. The standard InChI is InChI=1S/C19H20FNO3/c1-23-16-10-14(11-17(12-16)24-2)19(22)21-9-3-4-18(21)13-5-7-15(20)8-6-13/h5-8,10-12,18H,3-4,9H2,1-2H3. The molecule has 3 rings (SSSR count). The lowest BCUT2D eigenvalue weighted by molar-refractivity contribution is 0.0735. The van der Waals surface area contributed by atoms with Gasteiger partial charge in [-0.3, -0.25) is 4.79 Å². The number of likely N-dealkylation sites (tertiary alicyclic amines) is 1. The van der Waals surface area contributed by atoms with Crippen molar-refractivity contribution in [1.82, 2.24) is 4.90 Å². The molecular formula is C19H20FNO3. The molecule has 2 aromatic rings. The van der Waals surface area contributed by atoms with Crippen LogP contribution in [0.15, 0.2) is 42.5 Å². The minimum Gasteiger partial charge on any atom is -0.497 e. The molecule has 5 heteroatoms. The molecule has 0 N–H and O–H groups in total. The highest BCUT2D eigenvalue weighted by atomic mass is 19.1. The molecule has 0 bridgehead atoms. The maximum atomic E-state index is 13.2. The van der Waals surface area contributed by atoms with Gasteiger partial charge in [0.05, 0.1) is 20.3 Å². The molecule has 1 aliphatic rings. The van der Waals surface area contributed by atoms with Gasteiger partial charge in [0.15, 0.2) is 0 Å². The number of halogens is 1. The first-order valence-electron chi connectivity index (χ1n) is 7.92. The van der Waals surface area contributed by atoms with Crippen LogP contribution >= 0.6 is 0 Å². The highest BCUT2D eigenvalue weighted by Gasteiger charge is 2.31. The zero-order valence-electron chi connectivity index (χ0n) is 13.8. The lowest BCUT2D eigenvalue weighted by atomic mass is 10.0. The van der Waals surface area contributed by atoms with E-state index in [0.29, 0.717) is 23.6 Å². The highest BCUT2D eigenvalue weighted by molar-refractivity contribution is 5.95. The van der Waals surface area contributed by atoms with E-state index in [2.05, 4.69) is 0 Å². The van der Waals surface area contributed by atoms with Gasteiger partial charge in [-0.1, -0.05) is 12.1 Å². The number of carbonyl (C=O) groups is 1. The summed E-state index contributed by atoms with van der Waals surface area (Å²) in [5.74, 6) is 0.816. The van der Waals surface area contributed by atoms with Crippen molar-refractivity contribution in [3.63, 3.8) is 0 Å². The second kappa shape index (κ2) is 6.91. The normalized spacial score (nSPS) is 17.0. The van der Waals surface area contributed by atoms with Crippen molar-refractivity contribution in [3.05, 3.63) is 59.4 Å². The van der Waals surface area contributed by atoms with Gasteiger partial charge < -0.3 is 14.4 Å². The van der Waals surface area contributed by atoms with Crippen LogP contribution in [0.2, 0.25) is 0 Å². The van der Waals surface area contributed by atoms with Crippen LogP contribution in [0.3, 0.4) is 0 Å². The Morgan fingerprint density at radius 1 is 1.08 bits per heavy atom. The Morgan fingerprint density at radius 2 is 1.71 bits per heavy atom. The molecule has 1 unspecified atom stereocenters. The van der Waals surface area contributed by atoms with Gasteiger partial charge in [0.2, 0.25) is 0 Å². The van der Waals surface area contributed by atoms with E-state index in [1.807, 2.05) is 4.90 Å². The molecule has 0 aromatic heterocycles. The number of nitrogens with zero attached hydrogens (tertiary/aromatic N) is 1. The third kappa shape index (κ3) is 3.20. The van der Waals surface area contributed by atoms with Crippen molar-refractivity contribution in [3.8, 4) is 11.5 Å². The summed E-state index contributed by atoms with van der Waals surface area (Å²) in [6.45, 7) is 0.681. The van der Waals surface area contributed by atoms with Gasteiger partial charge in [0, 0.05) is 18.2 Å². The molecule has 1 amide bonds. The molecule has 2 aromatic carbocycles. The van der Waals surface area contributed by atoms with E-state index < -0.39 is 0 Å². The number of carbonyl (C=O) groups excluding carboxylic acids is 1. The van der Waals surface area contributed by atoms with Crippen LogP contribution in [0.25, 0.3) is 0 Å². The van der Waals surface area contributed by atoms with Crippen molar-refractivity contribution >= 4 is 5.91 Å². The van der Waals surface area contributed by atoms with E-state index in [1.54, 1.807) is 44.6 Å². The number of ether oxygens (including phenoxy) is 2. The molecule has 0 saturated carbocycles. The SMILES string of the molecule is COc1cc(OC)cc(C(=O)N2CCCC2c2ccc(F)cc2)c1. The van der Waals surface area contributed by atoms with Gasteiger partial charge in [-0.25, -0.2) is 4.39 Å². The van der Waals surface area contributed by atoms with E-state index in [0.717, 1.165) is 18.4 Å². The van der Waals surface area contributed by atoms with Crippen LogP contribution in [-0.2, 0) is 0 Å². The average Bonchev–Trinajstić information content (AvgIpc) is 3.10. The topological polar surface area (TPSA) is 38.8 Å². The first-order chi connectivity index (χ1) is 11.6. The van der Waals surface area contributed by atoms with Crippen molar-refractivity contribution in [2.75, 3.05) is 20.8 Å². The maximum absolute atomic E-state index is 13.2. The minimum atomic E-state index is -0.271. The Bertz CT molecular complexity index is 708. The fraction of sp³-hybridized carbons (Fsp3) is 0.316. The first-order valence-corrected chi connectivity index (χ1v) is 7.92. The summed E-state index contributed by atoms with van der Waals surface area (Å²) < 4.78 is 23.6. The number of amides is 1. The maximum Gasteiger partial charge on any atom is 0.254 e. The molecule has 0 radical (unpaired) electrons. The van der Waals surface area contributed by atoms with E-state index in [9.17, 15) is 9.18 Å². The number of rotatable bonds is 4. The zero-order chi connectivity index (χ0) is 17.1. The fourth-order valence-electron chi connectivity index (χ4n) is 3.14. The van der Waals surface area contributed by atoms with Crippen molar-refractivity contribution in [2.24, 2.45) is 0 Å². The minimum absolute atomic E-state index is 0.0321. The molecule has 1 aliphatic heterocycles. The number of hydrogen-bond donors (Lipinski definition) is 0. The monoisotopic (exact) mass is 329 g/mol. The van der Waals surface area contributed by atoms with Crippen LogP contribution in [0.1, 0.15) is 34.8 Å². The first kappa shape index (κ1) is 16.3. The molecule has 1 heterocycles. The van der Waals surface area contributed by atoms with Crippen LogP contribution in [0, 0.1) is 5.82 Å². The van der Waals surface area contributed by atoms with Crippen LogP contribution in [-0.4, -0.2) is 31.6 Å². The molecule has 126 valence electrons. The summed E-state index contributed by atoms with van der Waals surface area (Å²) in [5.41, 5.74) is 1.48. The van der Waals surface area contributed by atoms with Crippen LogP contribution in [0.5, 0.6) is 11.5 Å². The lowest BCUT2D eigenvalue weighted by Crippen LogP contribution is -2.30. The van der Waals surface area contributed by atoms with Crippen molar-refractivity contribution in [1.29, 1.82) is 0 Å². The molecule has 0 aliphatic carbocycles. The highest BCUT2D eigenvalue weighted by Crippen LogP contribution is 2.34. The number of hydrogen-bond acceptors (Lipinski definition) is 3. The third-order valence-electron chi connectivity index (χ3n) is 4.37. The zero-order valence-corrected chi connectivity index (χ0v) is 13.8. The molecular weight excluding hydrogens is 309 g/mol. The molecule has 1 fully saturated rings. The molecule has 24 heavy (non-hydrogen) atoms. The van der Waals surface area contributed by atoms with E-state index >= 15 is 0 Å². The van der Waals surface area contributed by atoms with Crippen molar-refractivity contribution < 1.29 is 18.7 Å². The lowest BCUT2D eigenvalue weighted by Gasteiger charge is -2.25. The molecule has 1 saturated heterocycles. The Kier molecular flexibility index (Phi) is 4.69. The fourth-order valence-corrected chi connectivity index (χ4v) is 3.14. The van der Waals surface area contributed by atoms with Gasteiger partial charge >= 0.3 is 0 Å². The Labute approximate surface area is 140 Å². The molecule has 0 spiro atoms. The molecule has 1 atom stereocenters. The number of methoxy groups -OCH3 is 2. The quantitative estimate of drug-likeness (QED) is 0.856. The predicted octanol–water partition coefficient (Wildman–Crippen LogP) is 3.82. The summed E-state index contributed by atoms with van der Waals surface area (Å²) in [5, 5.41) is 0. The summed E-state index contributed by atoms with van der Waals surface area (Å²) in [7, 11) is 3.11. The van der Waals surface area contributed by atoms with Crippen LogP contribution in [0.4, 0.5) is 4.39 Å². The second-order valence-corrected chi connectivity index (χ2v) is 5.81. The van der Waals surface area contributed by atoms with Gasteiger partial charge in [0.25, 0.3) is 5.91 Å². The largest absolute Gasteiger partial charge is 0.497 e. The molecule has 4 nitrogen and oxygen atoms in total.